The molecule has 3 aromatic rings. The number of ether oxygens (including phenoxy) is 1. The normalized spacial score (nSPS) is 10.5. The molecular formula is C18H17N5O2. The van der Waals surface area contributed by atoms with Crippen LogP contribution in [0.4, 0.5) is 5.69 Å². The number of aryl methyl sites for hydroxylation is 1. The molecule has 0 unspecified atom stereocenters. The molecule has 2 N–H and O–H groups in total. The molecule has 0 fully saturated rings. The van der Waals surface area contributed by atoms with Gasteiger partial charge in [0, 0.05) is 16.8 Å². The van der Waals surface area contributed by atoms with Gasteiger partial charge in [-0.3, -0.25) is 9.89 Å². The van der Waals surface area contributed by atoms with E-state index in [1.54, 1.807) is 19.9 Å². The van der Waals surface area contributed by atoms with Gasteiger partial charge in [-0.1, -0.05) is 0 Å². The number of carbonyl (C=O) groups is 1. The zero-order chi connectivity index (χ0) is 18.1. The van der Waals surface area contributed by atoms with E-state index in [0.717, 1.165) is 16.6 Å². The van der Waals surface area contributed by atoms with E-state index in [2.05, 4.69) is 26.6 Å². The minimum atomic E-state index is -0.358. The van der Waals surface area contributed by atoms with Crippen LogP contribution >= 0.6 is 0 Å². The third kappa shape index (κ3) is 2.78. The summed E-state index contributed by atoms with van der Waals surface area (Å²) in [6, 6.07) is 7.54. The second-order valence-electron chi connectivity index (χ2n) is 5.74. The molecule has 0 aliphatic heterocycles. The summed E-state index contributed by atoms with van der Waals surface area (Å²) >= 11 is 0. The van der Waals surface area contributed by atoms with Crippen molar-refractivity contribution in [2.75, 3.05) is 12.4 Å². The van der Waals surface area contributed by atoms with Crippen LogP contribution in [0.25, 0.3) is 10.9 Å². The van der Waals surface area contributed by atoms with Crippen LogP contribution in [0.5, 0.6) is 5.88 Å². The molecule has 0 saturated carbocycles. The van der Waals surface area contributed by atoms with Crippen LogP contribution in [-0.2, 0) is 0 Å². The molecule has 2 aromatic heterocycles. The lowest BCUT2D eigenvalue weighted by Gasteiger charge is -2.13. The Morgan fingerprint density at radius 2 is 2.04 bits per heavy atom. The van der Waals surface area contributed by atoms with Crippen molar-refractivity contribution in [2.24, 2.45) is 0 Å². The Hall–Kier alpha value is -3.40. The first kappa shape index (κ1) is 16.5. The third-order valence-corrected chi connectivity index (χ3v) is 4.24. The molecule has 7 heteroatoms. The molecule has 2 heterocycles. The maximum Gasteiger partial charge on any atom is 0.274 e. The fraction of sp³-hybridized carbons (Fsp3) is 0.222. The van der Waals surface area contributed by atoms with Crippen molar-refractivity contribution in [1.29, 1.82) is 5.26 Å². The quantitative estimate of drug-likeness (QED) is 0.765. The zero-order valence-electron chi connectivity index (χ0n) is 14.4. The van der Waals surface area contributed by atoms with Crippen LogP contribution in [0.15, 0.2) is 18.2 Å². The molecule has 1 aromatic carbocycles. The summed E-state index contributed by atoms with van der Waals surface area (Å²) < 4.78 is 5.15. The monoisotopic (exact) mass is 335 g/mol. The number of amides is 1. The topological polar surface area (TPSA) is 104 Å². The first-order valence-corrected chi connectivity index (χ1v) is 7.67. The Labute approximate surface area is 144 Å². The predicted molar refractivity (Wildman–Crippen MR) is 93.8 cm³/mol. The largest absolute Gasteiger partial charge is 0.480 e. The van der Waals surface area contributed by atoms with Crippen LogP contribution < -0.4 is 10.1 Å². The number of anilines is 1. The van der Waals surface area contributed by atoms with E-state index < -0.39 is 0 Å². The first-order chi connectivity index (χ1) is 12.0. The molecule has 7 nitrogen and oxygen atoms in total. The highest BCUT2D eigenvalue weighted by Gasteiger charge is 2.20. The van der Waals surface area contributed by atoms with E-state index in [0.29, 0.717) is 22.4 Å². The number of carbonyl (C=O) groups excluding carboxylic acids is 1. The zero-order valence-corrected chi connectivity index (χ0v) is 14.4. The van der Waals surface area contributed by atoms with Gasteiger partial charge in [-0.05, 0) is 50.1 Å². The molecule has 25 heavy (non-hydrogen) atoms. The summed E-state index contributed by atoms with van der Waals surface area (Å²) in [7, 11) is 1.43. The maximum atomic E-state index is 12.7. The number of aromatic amines is 1. The van der Waals surface area contributed by atoms with Crippen molar-refractivity contribution in [3.05, 3.63) is 46.3 Å². The van der Waals surface area contributed by atoms with Gasteiger partial charge in [-0.2, -0.15) is 10.4 Å². The number of nitrogens with zero attached hydrogens (tertiary/aromatic N) is 3. The molecular weight excluding hydrogens is 318 g/mol. The average molecular weight is 335 g/mol. The molecule has 0 atom stereocenters. The van der Waals surface area contributed by atoms with Crippen LogP contribution in [0, 0.1) is 32.1 Å². The highest BCUT2D eigenvalue weighted by atomic mass is 16.5. The Morgan fingerprint density at radius 3 is 2.72 bits per heavy atom. The second-order valence-corrected chi connectivity index (χ2v) is 5.74. The van der Waals surface area contributed by atoms with Crippen molar-refractivity contribution in [1.82, 2.24) is 15.2 Å². The van der Waals surface area contributed by atoms with E-state index in [9.17, 15) is 10.1 Å². The van der Waals surface area contributed by atoms with Crippen molar-refractivity contribution in [3.8, 4) is 11.9 Å². The van der Waals surface area contributed by atoms with Gasteiger partial charge in [0.15, 0.2) is 0 Å². The number of nitrogens with one attached hydrogen (secondary N) is 2. The Morgan fingerprint density at radius 1 is 1.28 bits per heavy atom. The smallest absolute Gasteiger partial charge is 0.274 e. The number of hydrogen-bond acceptors (Lipinski definition) is 5. The molecule has 0 aliphatic rings. The molecule has 0 radical (unpaired) electrons. The van der Waals surface area contributed by atoms with Gasteiger partial charge >= 0.3 is 0 Å². The second kappa shape index (κ2) is 6.24. The van der Waals surface area contributed by atoms with E-state index >= 15 is 0 Å². The number of H-pyrrole nitrogens is 1. The highest BCUT2D eigenvalue weighted by Crippen LogP contribution is 2.25. The number of nitriles is 1. The molecule has 0 bridgehead atoms. The fourth-order valence-electron chi connectivity index (χ4n) is 2.67. The molecule has 1 amide bonds. The van der Waals surface area contributed by atoms with Gasteiger partial charge in [0.1, 0.15) is 17.3 Å². The lowest BCUT2D eigenvalue weighted by atomic mass is 10.0. The molecule has 0 saturated heterocycles. The Kier molecular flexibility index (Phi) is 4.11. The fourth-order valence-corrected chi connectivity index (χ4v) is 2.67. The van der Waals surface area contributed by atoms with E-state index in [4.69, 9.17) is 4.74 Å². The standard InChI is InChI=1S/C18H17N5O2/c1-9-10(2)16(21-18(25-4)14(9)8-19)17(24)20-12-5-6-15-13(7-12)11(3)22-23-15/h5-7H,1-4H3,(H,20,24)(H,22,23). The number of benzene rings is 1. The first-order valence-electron chi connectivity index (χ1n) is 7.67. The lowest BCUT2D eigenvalue weighted by Crippen LogP contribution is -2.17. The van der Waals surface area contributed by atoms with Gasteiger partial charge in [-0.15, -0.1) is 0 Å². The summed E-state index contributed by atoms with van der Waals surface area (Å²) in [5.74, 6) is -0.208. The van der Waals surface area contributed by atoms with Gasteiger partial charge in [0.05, 0.1) is 12.6 Å². The van der Waals surface area contributed by atoms with E-state index in [1.807, 2.05) is 19.1 Å². The van der Waals surface area contributed by atoms with Gasteiger partial charge in [-0.25, -0.2) is 4.98 Å². The summed E-state index contributed by atoms with van der Waals surface area (Å²) in [5.41, 5.74) is 4.31. The van der Waals surface area contributed by atoms with E-state index in [1.165, 1.54) is 7.11 Å². The average Bonchev–Trinajstić information content (AvgIpc) is 2.97. The highest BCUT2D eigenvalue weighted by molar-refractivity contribution is 6.05. The van der Waals surface area contributed by atoms with Crippen LogP contribution in [0.1, 0.15) is 32.9 Å². The molecule has 126 valence electrons. The minimum Gasteiger partial charge on any atom is -0.480 e. The van der Waals surface area contributed by atoms with Crippen LogP contribution in [0.3, 0.4) is 0 Å². The number of hydrogen-bond donors (Lipinski definition) is 2. The Balaban J connectivity index is 1.99. The van der Waals surface area contributed by atoms with Crippen molar-refractivity contribution >= 4 is 22.5 Å². The van der Waals surface area contributed by atoms with Crippen LogP contribution in [-0.4, -0.2) is 28.2 Å². The number of pyridine rings is 1. The SMILES string of the molecule is COc1nc(C(=O)Nc2ccc3n[nH]c(C)c3c2)c(C)c(C)c1C#N. The third-order valence-electron chi connectivity index (χ3n) is 4.24. The van der Waals surface area contributed by atoms with Gasteiger partial charge < -0.3 is 10.1 Å². The molecule has 3 rings (SSSR count). The van der Waals surface area contributed by atoms with E-state index in [-0.39, 0.29) is 17.5 Å². The minimum absolute atomic E-state index is 0.150. The number of fused-ring (bicyclic) bond motifs is 1. The molecule has 0 spiro atoms. The number of aromatic nitrogens is 3. The summed E-state index contributed by atoms with van der Waals surface area (Å²) in [6.07, 6.45) is 0. The predicted octanol–water partition coefficient (Wildman–Crippen LogP) is 3.02. The van der Waals surface area contributed by atoms with Crippen molar-refractivity contribution in [2.45, 2.75) is 20.8 Å². The lowest BCUT2D eigenvalue weighted by molar-refractivity contribution is 0.102. The van der Waals surface area contributed by atoms with Crippen LogP contribution in [0.2, 0.25) is 0 Å². The van der Waals surface area contributed by atoms with Gasteiger partial charge in [0.25, 0.3) is 5.91 Å². The number of rotatable bonds is 3. The van der Waals surface area contributed by atoms with Crippen molar-refractivity contribution in [3.63, 3.8) is 0 Å². The summed E-state index contributed by atoms with van der Waals surface area (Å²) in [6.45, 7) is 5.46. The molecule has 0 aliphatic carbocycles. The number of methoxy groups -OCH3 is 1. The van der Waals surface area contributed by atoms with Crippen molar-refractivity contribution < 1.29 is 9.53 Å². The van der Waals surface area contributed by atoms with Gasteiger partial charge in [0.2, 0.25) is 5.88 Å². The maximum absolute atomic E-state index is 12.7. The summed E-state index contributed by atoms with van der Waals surface area (Å²) in [5, 5.41) is 20.1. The summed E-state index contributed by atoms with van der Waals surface area (Å²) in [4.78, 5) is 16.9. The Bertz CT molecular complexity index is 1030.